The average Bonchev–Trinajstić information content (AvgIpc) is 2.67. The maximum atomic E-state index is 12.1. The minimum atomic E-state index is -1.50. The van der Waals surface area contributed by atoms with Crippen LogP contribution >= 0.6 is 11.6 Å². The number of nitrogens with zero attached hydrogens (tertiary/aromatic N) is 1. The van der Waals surface area contributed by atoms with Gasteiger partial charge in [-0.1, -0.05) is 11.6 Å². The van der Waals surface area contributed by atoms with E-state index < -0.39 is 23.9 Å². The van der Waals surface area contributed by atoms with Gasteiger partial charge in [-0.3, -0.25) is 9.59 Å². The minimum Gasteiger partial charge on any atom is -0.481 e. The molecule has 0 aliphatic carbocycles. The maximum Gasteiger partial charge on any atom is 0.306 e. The van der Waals surface area contributed by atoms with Gasteiger partial charge in [-0.15, -0.1) is 0 Å². The molecule has 0 aliphatic heterocycles. The molecule has 1 unspecified atom stereocenters. The zero-order chi connectivity index (χ0) is 15.5. The fraction of sp³-hybridized carbons (Fsp3) is 0.538. The number of carbonyl (C=O) groups is 2. The number of halogens is 1. The highest BCUT2D eigenvalue weighted by molar-refractivity contribution is 6.31. The van der Waals surface area contributed by atoms with Gasteiger partial charge in [0, 0.05) is 18.8 Å². The van der Waals surface area contributed by atoms with Crippen LogP contribution in [-0.2, 0) is 4.79 Å². The predicted molar refractivity (Wildman–Crippen MR) is 75.0 cm³/mol. The number of nitrogens with one attached hydrogen (secondary N) is 1. The highest BCUT2D eigenvalue weighted by atomic mass is 35.5. The van der Waals surface area contributed by atoms with Crippen LogP contribution in [0.15, 0.2) is 12.3 Å². The molecule has 0 aromatic carbocycles. The second-order valence-corrected chi connectivity index (χ2v) is 5.73. The molecule has 1 rings (SSSR count). The summed E-state index contributed by atoms with van der Waals surface area (Å²) >= 11 is 5.88. The Kier molecular flexibility index (Phi) is 5.19. The van der Waals surface area contributed by atoms with Crippen molar-refractivity contribution in [3.05, 3.63) is 23.0 Å². The molecule has 0 saturated heterocycles. The van der Waals surface area contributed by atoms with Gasteiger partial charge in [-0.2, -0.15) is 0 Å². The van der Waals surface area contributed by atoms with Crippen LogP contribution in [0.1, 0.15) is 43.7 Å². The Morgan fingerprint density at radius 1 is 1.50 bits per heavy atom. The lowest BCUT2D eigenvalue weighted by atomic mass is 10.0. The summed E-state index contributed by atoms with van der Waals surface area (Å²) in [7, 11) is 0. The van der Waals surface area contributed by atoms with Gasteiger partial charge < -0.3 is 20.1 Å². The van der Waals surface area contributed by atoms with E-state index >= 15 is 0 Å². The first kappa shape index (κ1) is 16.5. The van der Waals surface area contributed by atoms with Crippen molar-refractivity contribution in [2.45, 2.75) is 38.8 Å². The summed E-state index contributed by atoms with van der Waals surface area (Å²) in [6.45, 7) is 5.02. The number of carboxylic acid groups (broad SMARTS) is 1. The lowest BCUT2D eigenvalue weighted by Crippen LogP contribution is -2.42. The molecule has 3 N–H and O–H groups in total. The first-order valence-electron chi connectivity index (χ1n) is 6.22. The van der Waals surface area contributed by atoms with E-state index in [2.05, 4.69) is 5.32 Å². The molecule has 1 aromatic heterocycles. The van der Waals surface area contributed by atoms with E-state index in [1.807, 2.05) is 13.8 Å². The van der Waals surface area contributed by atoms with E-state index in [0.717, 1.165) is 0 Å². The summed E-state index contributed by atoms with van der Waals surface area (Å²) in [6.07, 6.45) is 1.20. The number of aliphatic hydroxyl groups is 1. The summed E-state index contributed by atoms with van der Waals surface area (Å²) in [5.74, 6) is -1.53. The summed E-state index contributed by atoms with van der Waals surface area (Å²) in [5, 5.41) is 21.5. The van der Waals surface area contributed by atoms with E-state index in [1.54, 1.807) is 10.8 Å². The Bertz CT molecular complexity index is 508. The van der Waals surface area contributed by atoms with Gasteiger partial charge in [0.1, 0.15) is 5.69 Å². The predicted octanol–water partition coefficient (Wildman–Crippen LogP) is 1.68. The molecule has 7 heteroatoms. The van der Waals surface area contributed by atoms with Gasteiger partial charge in [-0.25, -0.2) is 0 Å². The monoisotopic (exact) mass is 302 g/mol. The molecular formula is C13H19ClN2O4. The van der Waals surface area contributed by atoms with E-state index in [4.69, 9.17) is 16.7 Å². The first-order chi connectivity index (χ1) is 9.12. The SMILES string of the molecule is CC(C)n1cc(Cl)cc1C(=O)NCC(C)(O)CC(=O)O. The molecule has 112 valence electrons. The number of carbonyl (C=O) groups excluding carboxylic acids is 1. The van der Waals surface area contributed by atoms with Gasteiger partial charge in [0.2, 0.25) is 0 Å². The normalized spacial score (nSPS) is 14.1. The number of amides is 1. The van der Waals surface area contributed by atoms with Crippen LogP contribution in [0, 0.1) is 0 Å². The number of hydrogen-bond donors (Lipinski definition) is 3. The Balaban J connectivity index is 2.75. The largest absolute Gasteiger partial charge is 0.481 e. The average molecular weight is 303 g/mol. The van der Waals surface area contributed by atoms with Crippen LogP contribution in [0.25, 0.3) is 0 Å². The van der Waals surface area contributed by atoms with E-state index in [0.29, 0.717) is 10.7 Å². The Labute approximate surface area is 122 Å². The summed E-state index contributed by atoms with van der Waals surface area (Å²) in [4.78, 5) is 22.6. The number of hydrogen-bond acceptors (Lipinski definition) is 3. The molecule has 20 heavy (non-hydrogen) atoms. The molecule has 0 radical (unpaired) electrons. The van der Waals surface area contributed by atoms with Crippen molar-refractivity contribution < 1.29 is 19.8 Å². The van der Waals surface area contributed by atoms with E-state index in [9.17, 15) is 14.7 Å². The second-order valence-electron chi connectivity index (χ2n) is 5.29. The van der Waals surface area contributed by atoms with Crippen LogP contribution in [0.4, 0.5) is 0 Å². The van der Waals surface area contributed by atoms with Crippen molar-refractivity contribution in [1.29, 1.82) is 0 Å². The number of aromatic nitrogens is 1. The van der Waals surface area contributed by atoms with Crippen LogP contribution in [0.2, 0.25) is 5.02 Å². The van der Waals surface area contributed by atoms with Crippen molar-refractivity contribution in [2.24, 2.45) is 0 Å². The quantitative estimate of drug-likeness (QED) is 0.745. The lowest BCUT2D eigenvalue weighted by Gasteiger charge is -2.22. The van der Waals surface area contributed by atoms with Gasteiger partial charge in [0.25, 0.3) is 5.91 Å². The third-order valence-electron chi connectivity index (χ3n) is 2.77. The molecule has 0 saturated carbocycles. The van der Waals surface area contributed by atoms with Crippen LogP contribution < -0.4 is 5.32 Å². The van der Waals surface area contributed by atoms with Crippen LogP contribution in [0.5, 0.6) is 0 Å². The second kappa shape index (κ2) is 6.28. The molecule has 0 bridgehead atoms. The van der Waals surface area contributed by atoms with Gasteiger partial charge in [0.15, 0.2) is 0 Å². The number of rotatable bonds is 6. The molecule has 0 aliphatic rings. The van der Waals surface area contributed by atoms with Crippen molar-refractivity contribution in [2.75, 3.05) is 6.54 Å². The Morgan fingerprint density at radius 3 is 2.60 bits per heavy atom. The molecule has 1 atom stereocenters. The summed E-state index contributed by atoms with van der Waals surface area (Å²) in [6, 6.07) is 1.59. The maximum absolute atomic E-state index is 12.1. The van der Waals surface area contributed by atoms with Crippen LogP contribution in [0.3, 0.4) is 0 Å². The zero-order valence-corrected chi connectivity index (χ0v) is 12.4. The molecule has 1 heterocycles. The number of aliphatic carboxylic acids is 1. The van der Waals surface area contributed by atoms with Gasteiger partial charge >= 0.3 is 5.97 Å². The van der Waals surface area contributed by atoms with Crippen molar-refractivity contribution >= 4 is 23.5 Å². The minimum absolute atomic E-state index is 0.0581. The standard InChI is InChI=1S/C13H19ClN2O4/c1-8(2)16-6-9(14)4-10(16)12(19)15-7-13(3,20)5-11(17)18/h4,6,8,20H,5,7H2,1-3H3,(H,15,19)(H,17,18). The Hall–Kier alpha value is -1.53. The van der Waals surface area contributed by atoms with Crippen LogP contribution in [-0.4, -0.2) is 38.8 Å². The smallest absolute Gasteiger partial charge is 0.306 e. The third kappa shape index (κ3) is 4.54. The fourth-order valence-corrected chi connectivity index (χ4v) is 2.01. The number of carboxylic acids is 1. The molecular weight excluding hydrogens is 284 g/mol. The van der Waals surface area contributed by atoms with Gasteiger partial charge in [-0.05, 0) is 26.8 Å². The van der Waals surface area contributed by atoms with Gasteiger partial charge in [0.05, 0.1) is 17.0 Å². The molecule has 1 aromatic rings. The van der Waals surface area contributed by atoms with E-state index in [1.165, 1.54) is 13.0 Å². The highest BCUT2D eigenvalue weighted by Gasteiger charge is 2.26. The molecule has 0 fully saturated rings. The van der Waals surface area contributed by atoms with Crippen molar-refractivity contribution in [1.82, 2.24) is 9.88 Å². The van der Waals surface area contributed by atoms with Crippen molar-refractivity contribution in [3.8, 4) is 0 Å². The zero-order valence-electron chi connectivity index (χ0n) is 11.7. The molecule has 6 nitrogen and oxygen atoms in total. The van der Waals surface area contributed by atoms with Crippen molar-refractivity contribution in [3.63, 3.8) is 0 Å². The van der Waals surface area contributed by atoms with E-state index in [-0.39, 0.29) is 12.6 Å². The first-order valence-corrected chi connectivity index (χ1v) is 6.60. The lowest BCUT2D eigenvalue weighted by molar-refractivity contribution is -0.141. The summed E-state index contributed by atoms with van der Waals surface area (Å²) < 4.78 is 1.71. The third-order valence-corrected chi connectivity index (χ3v) is 2.97. The fourth-order valence-electron chi connectivity index (χ4n) is 1.80. The molecule has 1 amide bonds. The highest BCUT2D eigenvalue weighted by Crippen LogP contribution is 2.19. The topological polar surface area (TPSA) is 91.6 Å². The Morgan fingerprint density at radius 2 is 2.10 bits per heavy atom. The molecule has 0 spiro atoms. The summed E-state index contributed by atoms with van der Waals surface area (Å²) in [5.41, 5.74) is -1.13.